The van der Waals surface area contributed by atoms with Gasteiger partial charge in [-0.2, -0.15) is 0 Å². The minimum absolute atomic E-state index is 0.0169. The van der Waals surface area contributed by atoms with Crippen molar-refractivity contribution < 1.29 is 14.6 Å². The molecule has 4 heteroatoms. The Kier molecular flexibility index (Phi) is 5.11. The monoisotopic (exact) mass is 303 g/mol. The van der Waals surface area contributed by atoms with Gasteiger partial charge in [-0.15, -0.1) is 0 Å². The fourth-order valence-corrected chi connectivity index (χ4v) is 3.61. The van der Waals surface area contributed by atoms with Gasteiger partial charge in [-0.3, -0.25) is 4.79 Å². The Morgan fingerprint density at radius 3 is 2.82 bits per heavy atom. The van der Waals surface area contributed by atoms with E-state index in [-0.39, 0.29) is 17.9 Å². The number of hydrogen-bond donors (Lipinski definition) is 1. The van der Waals surface area contributed by atoms with Crippen molar-refractivity contribution in [3.63, 3.8) is 0 Å². The summed E-state index contributed by atoms with van der Waals surface area (Å²) >= 11 is 0. The Balaban J connectivity index is 1.61. The topological polar surface area (TPSA) is 49.8 Å². The fraction of sp³-hybridized carbons (Fsp3) is 0.611. The highest BCUT2D eigenvalue weighted by atomic mass is 16.5. The number of carbonyl (C=O) groups excluding carboxylic acids is 1. The van der Waals surface area contributed by atoms with Crippen molar-refractivity contribution in [2.24, 2.45) is 5.92 Å². The van der Waals surface area contributed by atoms with Crippen molar-refractivity contribution in [3.05, 3.63) is 35.9 Å². The Hall–Kier alpha value is -1.39. The number of likely N-dealkylation sites (tertiary alicyclic amines) is 1. The molecule has 3 rings (SSSR count). The van der Waals surface area contributed by atoms with Crippen LogP contribution in [0.1, 0.15) is 43.8 Å². The van der Waals surface area contributed by atoms with Crippen molar-refractivity contribution in [3.8, 4) is 0 Å². The van der Waals surface area contributed by atoms with Crippen LogP contribution in [0.25, 0.3) is 0 Å². The Morgan fingerprint density at radius 1 is 1.27 bits per heavy atom. The lowest BCUT2D eigenvalue weighted by Crippen LogP contribution is -2.42. The summed E-state index contributed by atoms with van der Waals surface area (Å²) in [4.78, 5) is 14.7. The van der Waals surface area contributed by atoms with E-state index in [0.29, 0.717) is 13.0 Å². The predicted molar refractivity (Wildman–Crippen MR) is 84.3 cm³/mol. The van der Waals surface area contributed by atoms with Gasteiger partial charge in [-0.25, -0.2) is 0 Å². The lowest BCUT2D eigenvalue weighted by Gasteiger charge is -2.31. The Labute approximate surface area is 132 Å². The molecule has 0 aliphatic carbocycles. The van der Waals surface area contributed by atoms with Gasteiger partial charge >= 0.3 is 0 Å². The zero-order valence-electron chi connectivity index (χ0n) is 13.0. The lowest BCUT2D eigenvalue weighted by molar-refractivity contribution is -0.141. The molecule has 2 heterocycles. The van der Waals surface area contributed by atoms with Crippen molar-refractivity contribution in [2.45, 2.75) is 44.2 Å². The molecule has 0 saturated carbocycles. The maximum atomic E-state index is 12.7. The quantitative estimate of drug-likeness (QED) is 0.930. The number of hydrogen-bond acceptors (Lipinski definition) is 3. The molecule has 0 bridgehead atoms. The summed E-state index contributed by atoms with van der Waals surface area (Å²) in [6.07, 6.45) is 4.06. The van der Waals surface area contributed by atoms with Crippen molar-refractivity contribution in [1.82, 2.24) is 4.90 Å². The molecule has 0 spiro atoms. The molecule has 22 heavy (non-hydrogen) atoms. The second kappa shape index (κ2) is 7.25. The van der Waals surface area contributed by atoms with Crippen LogP contribution in [0.15, 0.2) is 30.3 Å². The van der Waals surface area contributed by atoms with Gasteiger partial charge in [0, 0.05) is 19.2 Å². The van der Waals surface area contributed by atoms with Crippen molar-refractivity contribution in [2.75, 3.05) is 19.8 Å². The fourth-order valence-electron chi connectivity index (χ4n) is 3.61. The first-order valence-electron chi connectivity index (χ1n) is 8.37. The van der Waals surface area contributed by atoms with Crippen LogP contribution in [-0.4, -0.2) is 41.7 Å². The van der Waals surface area contributed by atoms with E-state index in [4.69, 9.17) is 4.74 Å². The summed E-state index contributed by atoms with van der Waals surface area (Å²) < 4.78 is 5.45. The molecule has 1 aromatic carbocycles. The van der Waals surface area contributed by atoms with Crippen LogP contribution >= 0.6 is 0 Å². The molecular weight excluding hydrogens is 278 g/mol. The molecule has 1 N–H and O–H groups in total. The molecule has 2 fully saturated rings. The van der Waals surface area contributed by atoms with Gasteiger partial charge in [-0.1, -0.05) is 30.3 Å². The molecule has 2 aliphatic heterocycles. The summed E-state index contributed by atoms with van der Waals surface area (Å²) in [6.45, 7) is 2.16. The molecule has 3 atom stereocenters. The number of benzene rings is 1. The van der Waals surface area contributed by atoms with Gasteiger partial charge in [0.2, 0.25) is 5.91 Å². The molecule has 120 valence electrons. The second-order valence-corrected chi connectivity index (χ2v) is 6.40. The first-order chi connectivity index (χ1) is 10.8. The summed E-state index contributed by atoms with van der Waals surface area (Å²) in [6, 6.07) is 9.88. The molecule has 3 unspecified atom stereocenters. The minimum Gasteiger partial charge on any atom is -0.388 e. The van der Waals surface area contributed by atoms with Crippen LogP contribution in [0.3, 0.4) is 0 Å². The Bertz CT molecular complexity index is 484. The number of amides is 1. The third kappa shape index (κ3) is 3.50. The van der Waals surface area contributed by atoms with Gasteiger partial charge in [-0.05, 0) is 37.7 Å². The number of carbonyl (C=O) groups is 1. The average molecular weight is 303 g/mol. The number of aliphatic hydroxyl groups excluding tert-OH is 1. The van der Waals surface area contributed by atoms with Gasteiger partial charge in [0.05, 0.1) is 18.6 Å². The highest BCUT2D eigenvalue weighted by Gasteiger charge is 2.34. The number of aliphatic hydroxyl groups is 1. The SMILES string of the molecule is O=C(C1CCCOC1)N1CCCC1CC(O)c1ccccc1. The van der Waals surface area contributed by atoms with E-state index in [2.05, 4.69) is 0 Å². The predicted octanol–water partition coefficient (Wildman–Crippen LogP) is 2.53. The van der Waals surface area contributed by atoms with E-state index in [9.17, 15) is 9.90 Å². The van der Waals surface area contributed by atoms with Gasteiger partial charge < -0.3 is 14.7 Å². The number of nitrogens with zero attached hydrogens (tertiary/aromatic N) is 1. The average Bonchev–Trinajstić information content (AvgIpc) is 3.04. The van der Waals surface area contributed by atoms with Crippen molar-refractivity contribution >= 4 is 5.91 Å². The smallest absolute Gasteiger partial charge is 0.228 e. The van der Waals surface area contributed by atoms with Crippen LogP contribution in [-0.2, 0) is 9.53 Å². The number of rotatable bonds is 4. The van der Waals surface area contributed by atoms with Crippen LogP contribution in [0.5, 0.6) is 0 Å². The first-order valence-corrected chi connectivity index (χ1v) is 8.37. The van der Waals surface area contributed by atoms with E-state index in [1.165, 1.54) is 0 Å². The minimum atomic E-state index is -0.498. The van der Waals surface area contributed by atoms with E-state index < -0.39 is 6.10 Å². The van der Waals surface area contributed by atoms with E-state index >= 15 is 0 Å². The highest BCUT2D eigenvalue weighted by molar-refractivity contribution is 5.79. The van der Waals surface area contributed by atoms with Crippen LogP contribution in [0, 0.1) is 5.92 Å². The standard InChI is InChI=1S/C18H25NO3/c20-17(14-6-2-1-3-7-14)12-16-9-4-10-19(16)18(21)15-8-5-11-22-13-15/h1-3,6-7,15-17,20H,4-5,8-13H2. The van der Waals surface area contributed by atoms with Gasteiger partial charge in [0.15, 0.2) is 0 Å². The van der Waals surface area contributed by atoms with Crippen LogP contribution in [0.2, 0.25) is 0 Å². The summed E-state index contributed by atoms with van der Waals surface area (Å²) in [5, 5.41) is 10.4. The maximum Gasteiger partial charge on any atom is 0.228 e. The van der Waals surface area contributed by atoms with Crippen molar-refractivity contribution in [1.29, 1.82) is 0 Å². The van der Waals surface area contributed by atoms with E-state index in [0.717, 1.165) is 44.4 Å². The molecule has 4 nitrogen and oxygen atoms in total. The molecule has 2 aliphatic rings. The lowest BCUT2D eigenvalue weighted by atomic mass is 9.97. The Morgan fingerprint density at radius 2 is 2.09 bits per heavy atom. The van der Waals surface area contributed by atoms with Crippen LogP contribution in [0.4, 0.5) is 0 Å². The first kappa shape index (κ1) is 15.5. The maximum absolute atomic E-state index is 12.7. The van der Waals surface area contributed by atoms with Gasteiger partial charge in [0.1, 0.15) is 0 Å². The normalized spacial score (nSPS) is 26.9. The highest BCUT2D eigenvalue weighted by Crippen LogP contribution is 2.29. The molecule has 1 amide bonds. The third-order valence-corrected chi connectivity index (χ3v) is 4.85. The van der Waals surface area contributed by atoms with Gasteiger partial charge in [0.25, 0.3) is 0 Å². The zero-order valence-corrected chi connectivity index (χ0v) is 13.0. The van der Waals surface area contributed by atoms with E-state index in [1.54, 1.807) is 0 Å². The second-order valence-electron chi connectivity index (χ2n) is 6.40. The molecular formula is C18H25NO3. The van der Waals surface area contributed by atoms with E-state index in [1.807, 2.05) is 35.2 Å². The molecule has 0 aromatic heterocycles. The summed E-state index contributed by atoms with van der Waals surface area (Å²) in [5.41, 5.74) is 0.933. The zero-order chi connectivity index (χ0) is 15.4. The molecule has 2 saturated heterocycles. The van der Waals surface area contributed by atoms with Crippen LogP contribution < -0.4 is 0 Å². The molecule has 0 radical (unpaired) electrons. The number of ether oxygens (including phenoxy) is 1. The summed E-state index contributed by atoms with van der Waals surface area (Å²) in [5.74, 6) is 0.241. The third-order valence-electron chi connectivity index (χ3n) is 4.85. The summed E-state index contributed by atoms with van der Waals surface area (Å²) in [7, 11) is 0. The molecule has 1 aromatic rings. The largest absolute Gasteiger partial charge is 0.388 e.